The minimum absolute atomic E-state index is 0.0275. The van der Waals surface area contributed by atoms with Gasteiger partial charge < -0.3 is 10.2 Å². The predicted molar refractivity (Wildman–Crippen MR) is 81.0 cm³/mol. The molecule has 9 heteroatoms. The Kier molecular flexibility index (Phi) is 4.63. The van der Waals surface area contributed by atoms with Crippen LogP contribution in [0.1, 0.15) is 5.76 Å². The Morgan fingerprint density at radius 3 is 2.71 bits per heavy atom. The molecular formula is C12H14N4O4S. The SMILES string of the molecule is CSCCn1c(=O)c(N=O)c(N)n(Cc2ccco2)c1=O. The van der Waals surface area contributed by atoms with Crippen molar-refractivity contribution in [2.45, 2.75) is 13.1 Å². The van der Waals surface area contributed by atoms with Crippen LogP contribution in [0, 0.1) is 4.91 Å². The van der Waals surface area contributed by atoms with Gasteiger partial charge in [0, 0.05) is 12.3 Å². The molecule has 0 saturated heterocycles. The van der Waals surface area contributed by atoms with E-state index < -0.39 is 16.9 Å². The van der Waals surface area contributed by atoms with E-state index in [9.17, 15) is 14.5 Å². The number of nitrogen functional groups attached to an aromatic ring is 1. The van der Waals surface area contributed by atoms with Crippen LogP contribution in [0.4, 0.5) is 11.5 Å². The van der Waals surface area contributed by atoms with E-state index in [1.807, 2.05) is 6.26 Å². The largest absolute Gasteiger partial charge is 0.467 e. The maximum absolute atomic E-state index is 12.4. The van der Waals surface area contributed by atoms with Gasteiger partial charge in [0.25, 0.3) is 5.56 Å². The second kappa shape index (κ2) is 6.44. The quantitative estimate of drug-likeness (QED) is 0.796. The first-order valence-corrected chi connectivity index (χ1v) is 7.47. The van der Waals surface area contributed by atoms with E-state index in [4.69, 9.17) is 10.2 Å². The van der Waals surface area contributed by atoms with E-state index >= 15 is 0 Å². The van der Waals surface area contributed by atoms with Gasteiger partial charge in [-0.15, -0.1) is 4.91 Å². The van der Waals surface area contributed by atoms with Gasteiger partial charge in [0.1, 0.15) is 11.6 Å². The van der Waals surface area contributed by atoms with Crippen molar-refractivity contribution < 1.29 is 4.42 Å². The van der Waals surface area contributed by atoms with Crippen LogP contribution in [0.3, 0.4) is 0 Å². The second-order valence-corrected chi connectivity index (χ2v) is 5.21. The van der Waals surface area contributed by atoms with Crippen molar-refractivity contribution in [1.82, 2.24) is 9.13 Å². The summed E-state index contributed by atoms with van der Waals surface area (Å²) in [6.45, 7) is 0.208. The fourth-order valence-corrected chi connectivity index (χ4v) is 2.24. The molecule has 0 aliphatic rings. The molecule has 0 aliphatic carbocycles. The van der Waals surface area contributed by atoms with Crippen molar-refractivity contribution in [1.29, 1.82) is 0 Å². The van der Waals surface area contributed by atoms with E-state index in [1.54, 1.807) is 12.1 Å². The zero-order valence-electron chi connectivity index (χ0n) is 11.3. The molecule has 2 heterocycles. The van der Waals surface area contributed by atoms with Crippen LogP contribution in [0.5, 0.6) is 0 Å². The highest BCUT2D eigenvalue weighted by Crippen LogP contribution is 2.15. The molecule has 0 saturated carbocycles. The Morgan fingerprint density at radius 1 is 1.38 bits per heavy atom. The summed E-state index contributed by atoms with van der Waals surface area (Å²) in [7, 11) is 0. The third-order valence-corrected chi connectivity index (χ3v) is 3.54. The van der Waals surface area contributed by atoms with Gasteiger partial charge in [-0.3, -0.25) is 13.9 Å². The highest BCUT2D eigenvalue weighted by Gasteiger charge is 2.18. The minimum atomic E-state index is -0.766. The average Bonchev–Trinajstić information content (AvgIpc) is 2.97. The van der Waals surface area contributed by atoms with Crippen molar-refractivity contribution in [3.63, 3.8) is 0 Å². The molecule has 2 aromatic heterocycles. The molecule has 0 amide bonds. The smallest absolute Gasteiger partial charge is 0.333 e. The molecule has 2 N–H and O–H groups in total. The molecule has 112 valence electrons. The predicted octanol–water partition coefficient (Wildman–Crippen LogP) is 0.994. The molecule has 8 nitrogen and oxygen atoms in total. The van der Waals surface area contributed by atoms with Gasteiger partial charge in [-0.1, -0.05) is 0 Å². The Balaban J connectivity index is 2.60. The third kappa shape index (κ3) is 2.92. The zero-order chi connectivity index (χ0) is 15.4. The molecular weight excluding hydrogens is 296 g/mol. The number of anilines is 1. The number of nitrogens with zero attached hydrogens (tertiary/aromatic N) is 3. The van der Waals surface area contributed by atoms with Crippen LogP contribution in [0.15, 0.2) is 37.6 Å². The molecule has 2 rings (SSSR count). The van der Waals surface area contributed by atoms with E-state index in [0.29, 0.717) is 11.5 Å². The average molecular weight is 310 g/mol. The monoisotopic (exact) mass is 310 g/mol. The second-order valence-electron chi connectivity index (χ2n) is 4.22. The zero-order valence-corrected chi connectivity index (χ0v) is 12.1. The van der Waals surface area contributed by atoms with Crippen LogP contribution in [-0.2, 0) is 13.1 Å². The molecule has 0 radical (unpaired) electrons. The number of nitroso groups, excluding NO2 is 1. The standard InChI is InChI=1S/C12H14N4O4S/c1-21-6-4-15-11(17)9(14-19)10(13)16(12(15)18)7-8-3-2-5-20-8/h2-3,5H,4,6-7,13H2,1H3. The van der Waals surface area contributed by atoms with Crippen LogP contribution in [0.25, 0.3) is 0 Å². The number of hydrogen-bond acceptors (Lipinski definition) is 7. The summed E-state index contributed by atoms with van der Waals surface area (Å²) in [5, 5.41) is 2.66. The summed E-state index contributed by atoms with van der Waals surface area (Å²) < 4.78 is 7.23. The third-order valence-electron chi connectivity index (χ3n) is 2.95. The number of nitrogens with two attached hydrogens (primary N) is 1. The summed E-state index contributed by atoms with van der Waals surface area (Å²) in [5.41, 5.74) is 3.91. The van der Waals surface area contributed by atoms with Crippen molar-refractivity contribution in [2.24, 2.45) is 5.18 Å². The van der Waals surface area contributed by atoms with Crippen molar-refractivity contribution in [2.75, 3.05) is 17.7 Å². The number of rotatable bonds is 6. The molecule has 21 heavy (non-hydrogen) atoms. The fourth-order valence-electron chi connectivity index (χ4n) is 1.88. The highest BCUT2D eigenvalue weighted by atomic mass is 32.2. The molecule has 0 unspecified atom stereocenters. The number of furan rings is 1. The van der Waals surface area contributed by atoms with E-state index in [-0.39, 0.29) is 18.9 Å². The van der Waals surface area contributed by atoms with Crippen LogP contribution in [0.2, 0.25) is 0 Å². The van der Waals surface area contributed by atoms with Gasteiger partial charge >= 0.3 is 5.69 Å². The van der Waals surface area contributed by atoms with Crippen molar-refractivity contribution >= 4 is 23.3 Å². The minimum Gasteiger partial charge on any atom is -0.467 e. The number of hydrogen-bond donors (Lipinski definition) is 1. The molecule has 0 fully saturated rings. The van der Waals surface area contributed by atoms with Crippen molar-refractivity contribution in [3.05, 3.63) is 49.9 Å². The summed E-state index contributed by atoms with van der Waals surface area (Å²) >= 11 is 1.48. The van der Waals surface area contributed by atoms with Gasteiger partial charge in [0.15, 0.2) is 0 Å². The lowest BCUT2D eigenvalue weighted by molar-refractivity contribution is 0.481. The molecule has 0 bridgehead atoms. The lowest BCUT2D eigenvalue weighted by Gasteiger charge is -2.12. The number of aromatic nitrogens is 2. The molecule has 0 aromatic carbocycles. The van der Waals surface area contributed by atoms with E-state index in [1.165, 1.54) is 18.0 Å². The Hall–Kier alpha value is -2.29. The molecule has 0 aliphatic heterocycles. The fraction of sp³-hybridized carbons (Fsp3) is 0.333. The summed E-state index contributed by atoms with van der Waals surface area (Å²) in [4.78, 5) is 35.3. The van der Waals surface area contributed by atoms with Crippen molar-refractivity contribution in [3.8, 4) is 0 Å². The summed E-state index contributed by atoms with van der Waals surface area (Å²) in [6, 6.07) is 3.33. The van der Waals surface area contributed by atoms with Crippen LogP contribution in [-0.4, -0.2) is 21.1 Å². The Bertz CT molecular complexity index is 748. The molecule has 0 atom stereocenters. The van der Waals surface area contributed by atoms with Gasteiger partial charge in [-0.25, -0.2) is 4.79 Å². The molecule has 0 spiro atoms. The van der Waals surface area contributed by atoms with Crippen LogP contribution >= 0.6 is 11.8 Å². The maximum atomic E-state index is 12.4. The Labute approximate surface area is 123 Å². The van der Waals surface area contributed by atoms with Crippen LogP contribution < -0.4 is 17.0 Å². The van der Waals surface area contributed by atoms with Gasteiger partial charge in [-0.2, -0.15) is 11.8 Å². The maximum Gasteiger partial charge on any atom is 0.333 e. The first-order chi connectivity index (χ1) is 10.1. The van der Waals surface area contributed by atoms with E-state index in [2.05, 4.69) is 5.18 Å². The number of thioether (sulfide) groups is 1. The van der Waals surface area contributed by atoms with Gasteiger partial charge in [-0.05, 0) is 23.6 Å². The molecule has 2 aromatic rings. The first-order valence-electron chi connectivity index (χ1n) is 6.08. The van der Waals surface area contributed by atoms with Gasteiger partial charge in [0.2, 0.25) is 5.69 Å². The normalized spacial score (nSPS) is 10.7. The summed E-state index contributed by atoms with van der Waals surface area (Å²) in [5.74, 6) is 0.783. The highest BCUT2D eigenvalue weighted by molar-refractivity contribution is 7.98. The van der Waals surface area contributed by atoms with E-state index in [0.717, 1.165) is 9.13 Å². The van der Waals surface area contributed by atoms with Gasteiger partial charge in [0.05, 0.1) is 12.8 Å². The first kappa shape index (κ1) is 15.1. The topological polar surface area (TPSA) is 113 Å². The lowest BCUT2D eigenvalue weighted by atomic mass is 10.4. The lowest BCUT2D eigenvalue weighted by Crippen LogP contribution is -2.41. The Morgan fingerprint density at radius 2 is 2.14 bits per heavy atom. The summed E-state index contributed by atoms with van der Waals surface area (Å²) in [6.07, 6.45) is 3.31.